The number of aliphatic hydroxyl groups excluding tert-OH is 1. The maximum atomic E-state index is 15.0. The Hall–Kier alpha value is -2.09. The van der Waals surface area contributed by atoms with Crippen LogP contribution >= 0.6 is 22.9 Å². The van der Waals surface area contributed by atoms with Crippen LogP contribution in [0, 0.1) is 11.7 Å². The lowest BCUT2D eigenvalue weighted by molar-refractivity contribution is 0.232. The minimum absolute atomic E-state index is 0.144. The van der Waals surface area contributed by atoms with Gasteiger partial charge in [-0.25, -0.2) is 4.39 Å². The Morgan fingerprint density at radius 3 is 2.73 bits per heavy atom. The third kappa shape index (κ3) is 2.65. The van der Waals surface area contributed by atoms with E-state index in [9.17, 15) is 5.11 Å². The molecule has 2 aromatic heterocycles. The van der Waals surface area contributed by atoms with E-state index in [4.69, 9.17) is 16.6 Å². The van der Waals surface area contributed by atoms with Gasteiger partial charge in [0.15, 0.2) is 5.82 Å². The monoisotopic (exact) mass is 442 g/mol. The zero-order valence-corrected chi connectivity index (χ0v) is 18.0. The van der Waals surface area contributed by atoms with E-state index in [0.717, 1.165) is 53.5 Å². The molecule has 0 bridgehead atoms. The maximum Gasteiger partial charge on any atom is 0.162 e. The normalized spacial score (nSPS) is 22.3. The molecule has 3 heterocycles. The van der Waals surface area contributed by atoms with E-state index in [-0.39, 0.29) is 24.4 Å². The molecule has 8 heteroatoms. The van der Waals surface area contributed by atoms with Gasteiger partial charge >= 0.3 is 0 Å². The van der Waals surface area contributed by atoms with Crippen LogP contribution in [0.15, 0.2) is 23.2 Å². The molecule has 1 aliphatic heterocycles. The SMILES string of the molecule is C[C@@H]1N=C(c2c(F)cccc2Cl)c2c(sc3c2CC(CO)C3)-n2c(C3CC3)nnc21. The van der Waals surface area contributed by atoms with Crippen LogP contribution in [0.3, 0.4) is 0 Å². The van der Waals surface area contributed by atoms with Gasteiger partial charge < -0.3 is 5.11 Å². The number of thiophene rings is 1. The van der Waals surface area contributed by atoms with Crippen LogP contribution in [-0.4, -0.2) is 32.2 Å². The molecule has 0 saturated heterocycles. The highest BCUT2D eigenvalue weighted by Crippen LogP contribution is 2.48. The lowest BCUT2D eigenvalue weighted by Gasteiger charge is -2.13. The van der Waals surface area contributed by atoms with Crippen LogP contribution in [0.5, 0.6) is 0 Å². The summed E-state index contributed by atoms with van der Waals surface area (Å²) in [6.45, 7) is 2.12. The van der Waals surface area contributed by atoms with Crippen molar-refractivity contribution < 1.29 is 9.50 Å². The molecule has 0 radical (unpaired) electrons. The van der Waals surface area contributed by atoms with Crippen molar-refractivity contribution >= 4 is 28.6 Å². The van der Waals surface area contributed by atoms with Gasteiger partial charge in [0, 0.05) is 23.0 Å². The summed E-state index contributed by atoms with van der Waals surface area (Å²) in [4.78, 5) is 6.19. The molecule has 2 aliphatic carbocycles. The van der Waals surface area contributed by atoms with Crippen molar-refractivity contribution in [1.82, 2.24) is 14.8 Å². The Morgan fingerprint density at radius 1 is 1.20 bits per heavy atom. The molecule has 30 heavy (non-hydrogen) atoms. The van der Waals surface area contributed by atoms with Crippen LogP contribution < -0.4 is 0 Å². The van der Waals surface area contributed by atoms with Crippen molar-refractivity contribution in [3.05, 3.63) is 62.3 Å². The van der Waals surface area contributed by atoms with Gasteiger partial charge in [0.1, 0.15) is 22.7 Å². The highest BCUT2D eigenvalue weighted by molar-refractivity contribution is 7.15. The number of hydrogen-bond acceptors (Lipinski definition) is 5. The molecule has 3 aromatic rings. The molecule has 2 atom stereocenters. The molecule has 3 aliphatic rings. The standard InChI is InChI=1S/C22H20ClFN4OS/c1-10-20-26-27-21(12-5-6-12)28(20)22-17(13-7-11(9-29)8-16(13)30-22)19(25-10)18-14(23)3-2-4-15(18)24/h2-4,10-12,29H,5-9H2,1H3/t10-,11?/m0/s1. The summed E-state index contributed by atoms with van der Waals surface area (Å²) in [6, 6.07) is 4.47. The molecule has 154 valence electrons. The van der Waals surface area contributed by atoms with Gasteiger partial charge in [-0.15, -0.1) is 21.5 Å². The van der Waals surface area contributed by atoms with E-state index in [1.165, 1.54) is 10.9 Å². The molecule has 1 N–H and O–H groups in total. The van der Waals surface area contributed by atoms with Gasteiger partial charge in [0.05, 0.1) is 16.3 Å². The predicted octanol–water partition coefficient (Wildman–Crippen LogP) is 4.62. The van der Waals surface area contributed by atoms with Crippen molar-refractivity contribution in [2.45, 2.75) is 44.6 Å². The number of fused-ring (bicyclic) bond motifs is 5. The van der Waals surface area contributed by atoms with E-state index >= 15 is 4.39 Å². The fourth-order valence-electron chi connectivity index (χ4n) is 4.66. The molecule has 1 aromatic carbocycles. The lowest BCUT2D eigenvalue weighted by Crippen LogP contribution is -2.12. The summed E-state index contributed by atoms with van der Waals surface area (Å²) in [7, 11) is 0. The van der Waals surface area contributed by atoms with Gasteiger partial charge in [-0.2, -0.15) is 0 Å². The van der Waals surface area contributed by atoms with Crippen molar-refractivity contribution in [2.24, 2.45) is 10.9 Å². The molecule has 1 fully saturated rings. The largest absolute Gasteiger partial charge is 0.396 e. The quantitative estimate of drug-likeness (QED) is 0.643. The molecule has 5 nitrogen and oxygen atoms in total. The molecule has 1 saturated carbocycles. The third-order valence-corrected chi connectivity index (χ3v) is 7.84. The van der Waals surface area contributed by atoms with E-state index in [2.05, 4.69) is 14.8 Å². The molecule has 6 rings (SSSR count). The van der Waals surface area contributed by atoms with Crippen LogP contribution in [0.4, 0.5) is 4.39 Å². The van der Waals surface area contributed by atoms with Crippen LogP contribution in [0.2, 0.25) is 5.02 Å². The third-order valence-electron chi connectivity index (χ3n) is 6.29. The summed E-state index contributed by atoms with van der Waals surface area (Å²) < 4.78 is 17.2. The second-order valence-corrected chi connectivity index (χ2v) is 9.91. The van der Waals surface area contributed by atoms with Crippen molar-refractivity contribution in [3.63, 3.8) is 0 Å². The first-order valence-electron chi connectivity index (χ1n) is 10.3. The fraction of sp³-hybridized carbons (Fsp3) is 0.409. The molecular formula is C22H20ClFN4OS. The number of halogens is 2. The Labute approximate surface area is 182 Å². The second kappa shape index (κ2) is 6.70. The highest BCUT2D eigenvalue weighted by Gasteiger charge is 2.39. The lowest BCUT2D eigenvalue weighted by atomic mass is 9.97. The molecule has 0 spiro atoms. The van der Waals surface area contributed by atoms with Gasteiger partial charge in [0.25, 0.3) is 0 Å². The van der Waals surface area contributed by atoms with E-state index in [0.29, 0.717) is 22.2 Å². The first-order chi connectivity index (χ1) is 14.6. The minimum atomic E-state index is -0.379. The van der Waals surface area contributed by atoms with Gasteiger partial charge in [0.2, 0.25) is 0 Å². The topological polar surface area (TPSA) is 63.3 Å². The van der Waals surface area contributed by atoms with Gasteiger partial charge in [-0.3, -0.25) is 9.56 Å². The van der Waals surface area contributed by atoms with Crippen molar-refractivity contribution in [2.75, 3.05) is 6.61 Å². The zero-order valence-electron chi connectivity index (χ0n) is 16.4. The summed E-state index contributed by atoms with van der Waals surface area (Å²) in [5, 5.41) is 20.1. The average molecular weight is 443 g/mol. The van der Waals surface area contributed by atoms with Crippen LogP contribution in [0.1, 0.15) is 64.9 Å². The van der Waals surface area contributed by atoms with Crippen molar-refractivity contribution in [1.29, 1.82) is 0 Å². The Kier molecular flexibility index (Phi) is 4.17. The fourth-order valence-corrected chi connectivity index (χ4v) is 6.37. The second-order valence-electron chi connectivity index (χ2n) is 8.42. The van der Waals surface area contributed by atoms with Crippen LogP contribution in [-0.2, 0) is 12.8 Å². The summed E-state index contributed by atoms with van der Waals surface area (Å²) in [5.41, 5.74) is 3.02. The van der Waals surface area contributed by atoms with Gasteiger partial charge in [-0.1, -0.05) is 17.7 Å². The number of aliphatic hydroxyl groups is 1. The Balaban J connectivity index is 1.65. The van der Waals surface area contributed by atoms with Gasteiger partial charge in [-0.05, 0) is 56.2 Å². The number of benzene rings is 1. The number of nitrogens with zero attached hydrogens (tertiary/aromatic N) is 4. The van der Waals surface area contributed by atoms with E-state index < -0.39 is 0 Å². The molecule has 1 unspecified atom stereocenters. The smallest absolute Gasteiger partial charge is 0.162 e. The van der Waals surface area contributed by atoms with Crippen LogP contribution in [0.25, 0.3) is 5.00 Å². The summed E-state index contributed by atoms with van der Waals surface area (Å²) >= 11 is 8.19. The first-order valence-corrected chi connectivity index (χ1v) is 11.5. The first kappa shape index (κ1) is 18.7. The average Bonchev–Trinajstić information content (AvgIpc) is 3.22. The summed E-state index contributed by atoms with van der Waals surface area (Å²) in [6.07, 6.45) is 3.82. The predicted molar refractivity (Wildman–Crippen MR) is 115 cm³/mol. The number of aliphatic imine (C=N–C) groups is 1. The Morgan fingerprint density at radius 2 is 2.00 bits per heavy atom. The highest BCUT2D eigenvalue weighted by atomic mass is 35.5. The van der Waals surface area contributed by atoms with Crippen molar-refractivity contribution in [3.8, 4) is 5.00 Å². The Bertz CT molecular complexity index is 1190. The minimum Gasteiger partial charge on any atom is -0.396 e. The zero-order chi connectivity index (χ0) is 20.6. The maximum absolute atomic E-state index is 15.0. The number of rotatable bonds is 3. The van der Waals surface area contributed by atoms with E-state index in [1.807, 2.05) is 6.92 Å². The number of hydrogen-bond donors (Lipinski definition) is 1. The molecule has 0 amide bonds. The summed E-state index contributed by atoms with van der Waals surface area (Å²) in [5.74, 6) is 2.01. The molecular weight excluding hydrogens is 423 g/mol. The number of aromatic nitrogens is 3. The van der Waals surface area contributed by atoms with E-state index in [1.54, 1.807) is 23.5 Å².